The molecule has 0 fully saturated rings. The fourth-order valence-electron chi connectivity index (χ4n) is 2.52. The number of benzene rings is 2. The van der Waals surface area contributed by atoms with Gasteiger partial charge in [0.2, 0.25) is 0 Å². The van der Waals surface area contributed by atoms with Gasteiger partial charge in [0.25, 0.3) is 5.91 Å². The standard InChI is InChI=1S/C19H23NO3S/c1-4-18(16-9-5-14(2)6-10-16)20-19(21)17-11-7-15(8-12-17)13-24(3,22)23/h5-12,18H,4,13H2,1-3H3,(H,20,21). The van der Waals surface area contributed by atoms with Gasteiger partial charge in [0.1, 0.15) is 0 Å². The van der Waals surface area contributed by atoms with Gasteiger partial charge in [-0.15, -0.1) is 0 Å². The molecule has 0 aliphatic heterocycles. The zero-order chi connectivity index (χ0) is 17.7. The van der Waals surface area contributed by atoms with Crippen LogP contribution in [-0.2, 0) is 15.6 Å². The van der Waals surface area contributed by atoms with Gasteiger partial charge in [0.15, 0.2) is 9.84 Å². The summed E-state index contributed by atoms with van der Waals surface area (Å²) in [5.41, 5.74) is 3.46. The first-order valence-corrected chi connectivity index (χ1v) is 9.98. The lowest BCUT2D eigenvalue weighted by atomic mass is 10.0. The molecule has 24 heavy (non-hydrogen) atoms. The number of aryl methyl sites for hydroxylation is 1. The zero-order valence-corrected chi connectivity index (χ0v) is 15.1. The van der Waals surface area contributed by atoms with Crippen LogP contribution in [-0.4, -0.2) is 20.6 Å². The van der Waals surface area contributed by atoms with E-state index in [1.165, 1.54) is 11.8 Å². The molecule has 2 aromatic carbocycles. The van der Waals surface area contributed by atoms with Gasteiger partial charge in [-0.1, -0.05) is 48.9 Å². The Bertz CT molecular complexity index is 794. The van der Waals surface area contributed by atoms with Gasteiger partial charge in [-0.3, -0.25) is 4.79 Å². The number of carbonyl (C=O) groups excluding carboxylic acids is 1. The Labute approximate surface area is 143 Å². The third kappa shape index (κ3) is 5.20. The van der Waals surface area contributed by atoms with Crippen LogP contribution in [0.5, 0.6) is 0 Å². The molecule has 1 unspecified atom stereocenters. The van der Waals surface area contributed by atoms with Crippen LogP contribution in [0.25, 0.3) is 0 Å². The highest BCUT2D eigenvalue weighted by Gasteiger charge is 2.14. The molecule has 0 aliphatic carbocycles. The molecule has 0 spiro atoms. The van der Waals surface area contributed by atoms with Crippen molar-refractivity contribution in [2.75, 3.05) is 6.26 Å². The molecule has 5 heteroatoms. The Morgan fingerprint density at radius 2 is 1.62 bits per heavy atom. The minimum atomic E-state index is -3.07. The van der Waals surface area contributed by atoms with E-state index in [1.807, 2.05) is 38.1 Å². The largest absolute Gasteiger partial charge is 0.345 e. The highest BCUT2D eigenvalue weighted by atomic mass is 32.2. The second-order valence-corrected chi connectivity index (χ2v) is 8.25. The highest BCUT2D eigenvalue weighted by Crippen LogP contribution is 2.18. The lowest BCUT2D eigenvalue weighted by Crippen LogP contribution is -2.28. The fourth-order valence-corrected chi connectivity index (χ4v) is 3.31. The fraction of sp³-hybridized carbons (Fsp3) is 0.316. The van der Waals surface area contributed by atoms with Crippen LogP contribution in [0.4, 0.5) is 0 Å². The Morgan fingerprint density at radius 1 is 1.04 bits per heavy atom. The molecular formula is C19H23NO3S. The Morgan fingerprint density at radius 3 is 2.12 bits per heavy atom. The molecule has 2 rings (SSSR count). The summed E-state index contributed by atoms with van der Waals surface area (Å²) in [5, 5.41) is 3.03. The monoisotopic (exact) mass is 345 g/mol. The van der Waals surface area contributed by atoms with Gasteiger partial charge in [-0.05, 0) is 36.6 Å². The van der Waals surface area contributed by atoms with E-state index in [1.54, 1.807) is 24.3 Å². The van der Waals surface area contributed by atoms with E-state index in [4.69, 9.17) is 0 Å². The van der Waals surface area contributed by atoms with Crippen LogP contribution in [0.1, 0.15) is 46.4 Å². The van der Waals surface area contributed by atoms with Gasteiger partial charge < -0.3 is 5.32 Å². The minimum absolute atomic E-state index is 0.0180. The van der Waals surface area contributed by atoms with E-state index in [2.05, 4.69) is 5.32 Å². The molecule has 4 nitrogen and oxygen atoms in total. The molecule has 1 amide bonds. The van der Waals surface area contributed by atoms with Crippen molar-refractivity contribution < 1.29 is 13.2 Å². The van der Waals surface area contributed by atoms with Crippen LogP contribution in [0.3, 0.4) is 0 Å². The summed E-state index contributed by atoms with van der Waals surface area (Å²) in [6.07, 6.45) is 1.99. The molecule has 0 saturated heterocycles. The first-order chi connectivity index (χ1) is 11.3. The van der Waals surface area contributed by atoms with Crippen LogP contribution in [0, 0.1) is 6.92 Å². The van der Waals surface area contributed by atoms with Crippen LogP contribution in [0.2, 0.25) is 0 Å². The van der Waals surface area contributed by atoms with Crippen molar-refractivity contribution in [3.63, 3.8) is 0 Å². The molecule has 1 atom stereocenters. The van der Waals surface area contributed by atoms with E-state index in [0.717, 1.165) is 12.0 Å². The average Bonchev–Trinajstić information content (AvgIpc) is 2.52. The third-order valence-electron chi connectivity index (χ3n) is 3.84. The quantitative estimate of drug-likeness (QED) is 0.872. The van der Waals surface area contributed by atoms with E-state index < -0.39 is 9.84 Å². The number of amides is 1. The maximum absolute atomic E-state index is 12.4. The van der Waals surface area contributed by atoms with E-state index in [9.17, 15) is 13.2 Å². The van der Waals surface area contributed by atoms with Gasteiger partial charge in [0, 0.05) is 11.8 Å². The van der Waals surface area contributed by atoms with Crippen molar-refractivity contribution in [3.8, 4) is 0 Å². The molecule has 0 aromatic heterocycles. The number of carbonyl (C=O) groups is 1. The number of hydrogen-bond donors (Lipinski definition) is 1. The predicted octanol–water partition coefficient (Wildman–Crippen LogP) is 3.42. The van der Waals surface area contributed by atoms with E-state index >= 15 is 0 Å². The van der Waals surface area contributed by atoms with Crippen molar-refractivity contribution in [2.24, 2.45) is 0 Å². The summed E-state index contributed by atoms with van der Waals surface area (Å²) in [6.45, 7) is 4.06. The molecular weight excluding hydrogens is 322 g/mol. The van der Waals surface area contributed by atoms with Crippen molar-refractivity contribution >= 4 is 15.7 Å². The number of hydrogen-bond acceptors (Lipinski definition) is 3. The van der Waals surface area contributed by atoms with Crippen molar-refractivity contribution in [1.29, 1.82) is 0 Å². The highest BCUT2D eigenvalue weighted by molar-refractivity contribution is 7.89. The summed E-state index contributed by atoms with van der Waals surface area (Å²) in [5.74, 6) is -0.177. The summed E-state index contributed by atoms with van der Waals surface area (Å²) in [7, 11) is -3.07. The zero-order valence-electron chi connectivity index (χ0n) is 14.2. The summed E-state index contributed by atoms with van der Waals surface area (Å²) in [6, 6.07) is 14.8. The second-order valence-electron chi connectivity index (χ2n) is 6.11. The van der Waals surface area contributed by atoms with Crippen LogP contribution in [0.15, 0.2) is 48.5 Å². The average molecular weight is 345 g/mol. The topological polar surface area (TPSA) is 63.2 Å². The SMILES string of the molecule is CCC(NC(=O)c1ccc(CS(C)(=O)=O)cc1)c1ccc(C)cc1. The number of nitrogens with one attached hydrogen (secondary N) is 1. The molecule has 0 bridgehead atoms. The first-order valence-electron chi connectivity index (χ1n) is 7.92. The van der Waals surface area contributed by atoms with Gasteiger partial charge in [-0.2, -0.15) is 0 Å². The van der Waals surface area contributed by atoms with Crippen molar-refractivity contribution in [2.45, 2.75) is 32.1 Å². The molecule has 0 radical (unpaired) electrons. The van der Waals surface area contributed by atoms with E-state index in [0.29, 0.717) is 11.1 Å². The molecule has 2 aromatic rings. The van der Waals surface area contributed by atoms with Gasteiger partial charge in [0.05, 0.1) is 11.8 Å². The smallest absolute Gasteiger partial charge is 0.251 e. The van der Waals surface area contributed by atoms with Crippen LogP contribution >= 0.6 is 0 Å². The summed E-state index contributed by atoms with van der Waals surface area (Å²) < 4.78 is 22.6. The second kappa shape index (κ2) is 7.62. The maximum atomic E-state index is 12.4. The number of rotatable bonds is 6. The minimum Gasteiger partial charge on any atom is -0.345 e. The Kier molecular flexibility index (Phi) is 5.78. The van der Waals surface area contributed by atoms with Crippen molar-refractivity contribution in [3.05, 3.63) is 70.8 Å². The molecule has 1 N–H and O–H groups in total. The molecule has 0 heterocycles. The first kappa shape index (κ1) is 18.2. The van der Waals surface area contributed by atoms with Crippen molar-refractivity contribution in [1.82, 2.24) is 5.32 Å². The lowest BCUT2D eigenvalue weighted by Gasteiger charge is -2.18. The Balaban J connectivity index is 2.09. The van der Waals surface area contributed by atoms with Gasteiger partial charge >= 0.3 is 0 Å². The summed E-state index contributed by atoms with van der Waals surface area (Å²) in [4.78, 5) is 12.4. The van der Waals surface area contributed by atoms with Gasteiger partial charge in [-0.25, -0.2) is 8.42 Å². The van der Waals surface area contributed by atoms with Crippen LogP contribution < -0.4 is 5.32 Å². The number of sulfone groups is 1. The Hall–Kier alpha value is -2.14. The normalized spacial score (nSPS) is 12.6. The third-order valence-corrected chi connectivity index (χ3v) is 4.70. The predicted molar refractivity (Wildman–Crippen MR) is 96.7 cm³/mol. The lowest BCUT2D eigenvalue weighted by molar-refractivity contribution is 0.0935. The van der Waals surface area contributed by atoms with E-state index in [-0.39, 0.29) is 17.7 Å². The maximum Gasteiger partial charge on any atom is 0.251 e. The molecule has 0 aliphatic rings. The molecule has 0 saturated carbocycles. The summed E-state index contributed by atoms with van der Waals surface area (Å²) >= 11 is 0. The molecule has 128 valence electrons.